The molecule has 1 amide bonds. The average molecular weight is 422 g/mol. The van der Waals surface area contributed by atoms with E-state index < -0.39 is 10.8 Å². The molecule has 1 N–H and O–H groups in total. The number of nitrogens with one attached hydrogen (secondary N) is 1. The van der Waals surface area contributed by atoms with Gasteiger partial charge in [0.2, 0.25) is 5.91 Å². The third-order valence-corrected chi connectivity index (χ3v) is 5.90. The number of benzene rings is 2. The Morgan fingerprint density at radius 3 is 2.45 bits per heavy atom. The highest BCUT2D eigenvalue weighted by Crippen LogP contribution is 2.44. The fraction of sp³-hybridized carbons (Fsp3) is 0.304. The maximum absolute atomic E-state index is 13.2. The second-order valence-corrected chi connectivity index (χ2v) is 7.69. The van der Waals surface area contributed by atoms with Gasteiger partial charge >= 0.3 is 0 Å². The fourth-order valence-electron chi connectivity index (χ4n) is 4.44. The number of nitro benzene ring substituents is 1. The minimum Gasteiger partial charge on any atom is -0.493 e. The van der Waals surface area contributed by atoms with Crippen LogP contribution in [-0.2, 0) is 9.59 Å². The summed E-state index contributed by atoms with van der Waals surface area (Å²) in [7, 11) is 3.11. The molecule has 0 unspecified atom stereocenters. The van der Waals surface area contributed by atoms with E-state index in [1.54, 1.807) is 32.4 Å². The lowest BCUT2D eigenvalue weighted by atomic mass is 9.73. The van der Waals surface area contributed by atoms with E-state index in [0.717, 1.165) is 5.56 Å². The van der Waals surface area contributed by atoms with Crippen LogP contribution in [0.25, 0.3) is 0 Å². The summed E-state index contributed by atoms with van der Waals surface area (Å²) in [5.41, 5.74) is 2.62. The van der Waals surface area contributed by atoms with Crippen LogP contribution in [0.15, 0.2) is 53.7 Å². The van der Waals surface area contributed by atoms with Gasteiger partial charge in [0.05, 0.1) is 19.1 Å². The van der Waals surface area contributed by atoms with Crippen LogP contribution in [0.4, 0.5) is 5.69 Å². The van der Waals surface area contributed by atoms with Crippen molar-refractivity contribution in [2.45, 2.75) is 31.1 Å². The number of non-ortho nitro benzene ring substituents is 1. The zero-order valence-corrected chi connectivity index (χ0v) is 17.2. The highest BCUT2D eigenvalue weighted by Gasteiger charge is 2.38. The van der Waals surface area contributed by atoms with Crippen LogP contribution in [0.3, 0.4) is 0 Å². The Morgan fingerprint density at radius 2 is 1.74 bits per heavy atom. The van der Waals surface area contributed by atoms with Gasteiger partial charge in [-0.3, -0.25) is 19.7 Å². The number of hydrogen-bond donors (Lipinski definition) is 1. The summed E-state index contributed by atoms with van der Waals surface area (Å²) in [6.45, 7) is 0. The summed E-state index contributed by atoms with van der Waals surface area (Å²) >= 11 is 0. The number of rotatable bonds is 5. The Kier molecular flexibility index (Phi) is 5.46. The number of ketones is 1. The molecule has 2 aliphatic rings. The highest BCUT2D eigenvalue weighted by atomic mass is 16.6. The van der Waals surface area contributed by atoms with Crippen molar-refractivity contribution in [3.05, 3.63) is 75.0 Å². The quantitative estimate of drug-likeness (QED) is 0.582. The number of allylic oxidation sites excluding steroid dienone is 2. The van der Waals surface area contributed by atoms with Crippen molar-refractivity contribution in [2.24, 2.45) is 0 Å². The topological polar surface area (TPSA) is 108 Å². The first-order chi connectivity index (χ1) is 14.9. The number of ether oxygens (including phenoxy) is 2. The number of hydrogen-bond acceptors (Lipinski definition) is 6. The Bertz CT molecular complexity index is 1110. The van der Waals surface area contributed by atoms with Gasteiger partial charge in [-0.05, 0) is 35.6 Å². The Hall–Kier alpha value is -3.68. The predicted molar refractivity (Wildman–Crippen MR) is 112 cm³/mol. The van der Waals surface area contributed by atoms with Gasteiger partial charge in [-0.15, -0.1) is 0 Å². The van der Waals surface area contributed by atoms with Gasteiger partial charge in [0.25, 0.3) is 5.69 Å². The Morgan fingerprint density at radius 1 is 0.968 bits per heavy atom. The number of carbonyl (C=O) groups is 2. The summed E-state index contributed by atoms with van der Waals surface area (Å²) in [6.07, 6.45) is 0.871. The molecule has 0 spiro atoms. The van der Waals surface area contributed by atoms with Gasteiger partial charge in [-0.1, -0.05) is 18.2 Å². The standard InChI is InChI=1S/C23H22N2O6/c1-30-20-7-6-13(11-21(20)31-2)15-9-18-23(19(26)10-15)17(12-22(27)24-18)14-4-3-5-16(8-14)25(28)29/h3-8,11,15,17H,9-10,12H2,1-2H3,(H,24,27)/t15-,17-/m0/s1. The van der Waals surface area contributed by atoms with Gasteiger partial charge in [0.15, 0.2) is 17.3 Å². The van der Waals surface area contributed by atoms with Crippen molar-refractivity contribution < 1.29 is 24.0 Å². The Labute approximate surface area is 179 Å². The van der Waals surface area contributed by atoms with E-state index in [2.05, 4.69) is 5.32 Å². The molecule has 0 radical (unpaired) electrons. The largest absolute Gasteiger partial charge is 0.493 e. The first-order valence-corrected chi connectivity index (χ1v) is 9.93. The molecule has 0 aromatic heterocycles. The zero-order chi connectivity index (χ0) is 22.1. The average Bonchev–Trinajstić information content (AvgIpc) is 2.77. The molecule has 1 heterocycles. The molecule has 2 aromatic carbocycles. The molecule has 0 saturated carbocycles. The van der Waals surface area contributed by atoms with Gasteiger partial charge in [0, 0.05) is 42.2 Å². The summed E-state index contributed by atoms with van der Waals surface area (Å²) < 4.78 is 10.7. The number of methoxy groups -OCH3 is 2. The molecule has 2 atom stereocenters. The Balaban J connectivity index is 1.70. The molecule has 8 nitrogen and oxygen atoms in total. The molecule has 1 aliphatic heterocycles. The maximum atomic E-state index is 13.2. The number of Topliss-reactive ketones (excluding diaryl/α,β-unsaturated/α-hetero) is 1. The maximum Gasteiger partial charge on any atom is 0.269 e. The van der Waals surface area contributed by atoms with E-state index in [0.29, 0.717) is 34.8 Å². The molecule has 4 rings (SSSR count). The molecule has 0 fully saturated rings. The molecule has 0 saturated heterocycles. The normalized spacial score (nSPS) is 20.7. The first kappa shape index (κ1) is 20.6. The van der Waals surface area contributed by atoms with Crippen LogP contribution in [0, 0.1) is 10.1 Å². The monoisotopic (exact) mass is 422 g/mol. The van der Waals surface area contributed by atoms with Crippen molar-refractivity contribution in [2.75, 3.05) is 14.2 Å². The van der Waals surface area contributed by atoms with Gasteiger partial charge in [-0.25, -0.2) is 0 Å². The number of nitro groups is 1. The van der Waals surface area contributed by atoms with Crippen molar-refractivity contribution >= 4 is 17.4 Å². The lowest BCUT2D eigenvalue weighted by molar-refractivity contribution is -0.384. The molecular weight excluding hydrogens is 400 g/mol. The summed E-state index contributed by atoms with van der Waals surface area (Å²) in [4.78, 5) is 36.3. The number of carbonyl (C=O) groups excluding carboxylic acids is 2. The third-order valence-electron chi connectivity index (χ3n) is 5.90. The minimum atomic E-state index is -0.484. The van der Waals surface area contributed by atoms with E-state index >= 15 is 0 Å². The van der Waals surface area contributed by atoms with E-state index in [1.165, 1.54) is 12.1 Å². The van der Waals surface area contributed by atoms with Crippen molar-refractivity contribution in [3.63, 3.8) is 0 Å². The summed E-state index contributed by atoms with van der Waals surface area (Å²) in [5, 5.41) is 14.0. The van der Waals surface area contributed by atoms with E-state index in [4.69, 9.17) is 9.47 Å². The molecular formula is C23H22N2O6. The fourth-order valence-corrected chi connectivity index (χ4v) is 4.44. The van der Waals surface area contributed by atoms with Crippen molar-refractivity contribution in [1.29, 1.82) is 0 Å². The predicted octanol–water partition coefficient (Wildman–Crippen LogP) is 3.62. The molecule has 2 aromatic rings. The van der Waals surface area contributed by atoms with Crippen LogP contribution < -0.4 is 14.8 Å². The summed E-state index contributed by atoms with van der Waals surface area (Å²) in [5.74, 6) is 0.325. The lowest BCUT2D eigenvalue weighted by Gasteiger charge is -2.34. The SMILES string of the molecule is COc1ccc([C@@H]2CC(=O)C3=C(C2)NC(=O)C[C@H]3c2cccc([N+](=O)[O-])c2)cc1OC. The van der Waals surface area contributed by atoms with Crippen LogP contribution in [0.2, 0.25) is 0 Å². The van der Waals surface area contributed by atoms with Crippen molar-refractivity contribution in [1.82, 2.24) is 5.32 Å². The van der Waals surface area contributed by atoms with Gasteiger partial charge < -0.3 is 14.8 Å². The second-order valence-electron chi connectivity index (χ2n) is 7.69. The van der Waals surface area contributed by atoms with Crippen molar-refractivity contribution in [3.8, 4) is 11.5 Å². The van der Waals surface area contributed by atoms with Gasteiger partial charge in [-0.2, -0.15) is 0 Å². The molecule has 160 valence electrons. The second kappa shape index (κ2) is 8.22. The van der Waals surface area contributed by atoms with Gasteiger partial charge in [0.1, 0.15) is 0 Å². The van der Waals surface area contributed by atoms with E-state index in [-0.39, 0.29) is 36.1 Å². The summed E-state index contributed by atoms with van der Waals surface area (Å²) in [6, 6.07) is 11.7. The number of amides is 1. The number of nitrogens with zero attached hydrogens (tertiary/aromatic N) is 1. The molecule has 0 bridgehead atoms. The van der Waals surface area contributed by atoms with E-state index in [1.807, 2.05) is 12.1 Å². The first-order valence-electron chi connectivity index (χ1n) is 9.93. The third kappa shape index (κ3) is 3.88. The molecule has 8 heteroatoms. The smallest absolute Gasteiger partial charge is 0.269 e. The lowest BCUT2D eigenvalue weighted by Crippen LogP contribution is -2.38. The minimum absolute atomic E-state index is 0.0578. The van der Waals surface area contributed by atoms with E-state index in [9.17, 15) is 19.7 Å². The van der Waals surface area contributed by atoms with Crippen LogP contribution in [-0.4, -0.2) is 30.8 Å². The zero-order valence-electron chi connectivity index (χ0n) is 17.2. The molecule has 31 heavy (non-hydrogen) atoms. The van der Waals surface area contributed by atoms with Crippen LogP contribution in [0.5, 0.6) is 11.5 Å². The van der Waals surface area contributed by atoms with Crippen LogP contribution in [0.1, 0.15) is 42.2 Å². The van der Waals surface area contributed by atoms with Crippen LogP contribution >= 0.6 is 0 Å². The highest BCUT2D eigenvalue weighted by molar-refractivity contribution is 6.02. The molecule has 1 aliphatic carbocycles.